The Kier molecular flexibility index (Phi) is 9.38. The van der Waals surface area contributed by atoms with E-state index in [4.69, 9.17) is 37.3 Å². The number of carbonyl (C=O) groups excluding carboxylic acids is 1. The number of carboxylic acid groups (broad SMARTS) is 1. The fraction of sp³-hybridized carbons (Fsp3) is 0.182. The molecule has 0 atom stereocenters. The number of hydrogen-bond donors (Lipinski definition) is 4. The number of amides is 1. The molecule has 3 heterocycles. The Bertz CT molecular complexity index is 1510. The number of benzene rings is 1. The van der Waals surface area contributed by atoms with Gasteiger partial charge in [0, 0.05) is 30.8 Å². The third-order valence-corrected chi connectivity index (χ3v) is 5.14. The number of alkyl halides is 3. The lowest BCUT2D eigenvalue weighted by molar-refractivity contribution is -0.141. The number of hydroxylamine groups is 1. The summed E-state index contributed by atoms with van der Waals surface area (Å²) in [5, 5.41) is 22.4. The number of nitrogens with zero attached hydrogens (tertiary/aromatic N) is 6. The van der Waals surface area contributed by atoms with Gasteiger partial charge in [-0.2, -0.15) is 23.5 Å². The van der Waals surface area contributed by atoms with E-state index in [1.54, 1.807) is 12.1 Å². The molecule has 0 aliphatic carbocycles. The highest BCUT2D eigenvalue weighted by atomic mass is 35.5. The zero-order chi connectivity index (χ0) is 28.6. The zero-order valence-corrected chi connectivity index (χ0v) is 20.4. The Balaban J connectivity index is 0.00000134. The van der Waals surface area contributed by atoms with Crippen LogP contribution < -0.4 is 16.5 Å². The van der Waals surface area contributed by atoms with E-state index in [1.165, 1.54) is 35.1 Å². The van der Waals surface area contributed by atoms with Crippen molar-refractivity contribution in [3.05, 3.63) is 59.3 Å². The van der Waals surface area contributed by atoms with Gasteiger partial charge in [0.25, 0.3) is 12.4 Å². The maximum Gasteiger partial charge on any atom is 0.435 e. The molecule has 39 heavy (non-hydrogen) atoms. The average molecular weight is 566 g/mol. The number of rotatable bonds is 8. The van der Waals surface area contributed by atoms with Gasteiger partial charge >= 0.3 is 6.18 Å². The number of nitrogens with two attached hydrogens (primary N) is 1. The third kappa shape index (κ3) is 6.78. The van der Waals surface area contributed by atoms with Crippen molar-refractivity contribution in [2.24, 2.45) is 5.73 Å². The number of fused-ring (bicyclic) bond motifs is 1. The maximum absolute atomic E-state index is 13.6. The molecule has 4 aromatic rings. The lowest BCUT2D eigenvalue weighted by Crippen LogP contribution is -2.26. The number of carbonyl (C=O) groups is 2. The molecule has 17 heteroatoms. The van der Waals surface area contributed by atoms with Crippen LogP contribution in [-0.4, -0.2) is 54.8 Å². The fourth-order valence-electron chi connectivity index (χ4n) is 3.32. The van der Waals surface area contributed by atoms with Gasteiger partial charge in [0.15, 0.2) is 17.2 Å². The van der Waals surface area contributed by atoms with Gasteiger partial charge in [-0.25, -0.2) is 15.4 Å². The van der Waals surface area contributed by atoms with Crippen molar-refractivity contribution in [1.82, 2.24) is 29.6 Å². The van der Waals surface area contributed by atoms with E-state index in [9.17, 15) is 18.0 Å². The Morgan fingerprint density at radius 1 is 1.33 bits per heavy atom. The molecular formula is C22H19ClF3N9O4. The van der Waals surface area contributed by atoms with Crippen molar-refractivity contribution in [3.8, 4) is 17.3 Å². The lowest BCUT2D eigenvalue weighted by atomic mass is 10.2. The molecule has 0 aliphatic heterocycles. The molecule has 0 saturated heterocycles. The number of aromatic nitrogens is 5. The highest BCUT2D eigenvalue weighted by Crippen LogP contribution is 2.37. The van der Waals surface area contributed by atoms with Crippen LogP contribution in [0.2, 0.25) is 5.02 Å². The topological polar surface area (TPSA) is 185 Å². The van der Waals surface area contributed by atoms with Crippen LogP contribution in [0.1, 0.15) is 16.1 Å². The van der Waals surface area contributed by atoms with Gasteiger partial charge in [-0.15, -0.1) is 0 Å². The third-order valence-electron chi connectivity index (χ3n) is 4.83. The Labute approximate surface area is 222 Å². The number of nitriles is 1. The van der Waals surface area contributed by atoms with E-state index in [0.717, 1.165) is 10.9 Å². The van der Waals surface area contributed by atoms with Crippen molar-refractivity contribution < 1.29 is 32.7 Å². The largest absolute Gasteiger partial charge is 0.483 e. The monoisotopic (exact) mass is 565 g/mol. The van der Waals surface area contributed by atoms with E-state index in [-0.39, 0.29) is 59.5 Å². The first-order valence-corrected chi connectivity index (χ1v) is 11.1. The van der Waals surface area contributed by atoms with Crippen molar-refractivity contribution in [2.75, 3.05) is 18.5 Å². The molecule has 5 N–H and O–H groups in total. The Morgan fingerprint density at radius 2 is 2.08 bits per heavy atom. The van der Waals surface area contributed by atoms with Gasteiger partial charge in [-0.3, -0.25) is 23.5 Å². The minimum atomic E-state index is -4.74. The first-order valence-electron chi connectivity index (χ1n) is 10.7. The van der Waals surface area contributed by atoms with Crippen LogP contribution in [0, 0.1) is 11.3 Å². The van der Waals surface area contributed by atoms with E-state index < -0.39 is 17.8 Å². The second-order valence-electron chi connectivity index (χ2n) is 7.35. The number of imidazole rings is 1. The van der Waals surface area contributed by atoms with Gasteiger partial charge in [-0.1, -0.05) is 11.6 Å². The molecule has 3 aromatic heterocycles. The van der Waals surface area contributed by atoms with Crippen molar-refractivity contribution in [2.45, 2.75) is 12.7 Å². The summed E-state index contributed by atoms with van der Waals surface area (Å²) in [4.78, 5) is 33.9. The first kappa shape index (κ1) is 28.8. The SMILES string of the molecule is N#CCn1cc(-c2cnc3c(Nc4ccc(C(=O)NOCCN)c(Cl)c4)nccn23)c(C(F)(F)F)n1.O=CO. The molecule has 0 fully saturated rings. The summed E-state index contributed by atoms with van der Waals surface area (Å²) in [6.07, 6.45) is 0.489. The molecule has 204 valence electrons. The van der Waals surface area contributed by atoms with E-state index in [1.807, 2.05) is 0 Å². The predicted octanol–water partition coefficient (Wildman–Crippen LogP) is 2.85. The standard InChI is InChI=1S/C21H17ClF3N9O2.CH2O2/c22-15-9-12(1-2-13(15)20(35)32-36-8-4-27)30-18-19-29-10-16(34(19)7-5-28-18)14-11-33(6-3-26)31-17(14)21(23,24)25;2-1-3/h1-2,5,7,9-11H,4,6,8,27H2,(H,28,30)(H,32,35);1H,(H,2,3). The zero-order valence-electron chi connectivity index (χ0n) is 19.7. The van der Waals surface area contributed by atoms with Crippen LogP contribution in [0.25, 0.3) is 16.9 Å². The number of hydrogen-bond acceptors (Lipinski definition) is 9. The van der Waals surface area contributed by atoms with Crippen LogP contribution >= 0.6 is 11.6 Å². The van der Waals surface area contributed by atoms with Gasteiger partial charge < -0.3 is 16.2 Å². The number of halogens is 4. The lowest BCUT2D eigenvalue weighted by Gasteiger charge is -2.11. The predicted molar refractivity (Wildman–Crippen MR) is 131 cm³/mol. The molecule has 4 rings (SSSR count). The second-order valence-corrected chi connectivity index (χ2v) is 7.76. The Morgan fingerprint density at radius 3 is 2.72 bits per heavy atom. The smallest absolute Gasteiger partial charge is 0.435 e. The quantitative estimate of drug-likeness (QED) is 0.141. The molecular weight excluding hydrogens is 547 g/mol. The summed E-state index contributed by atoms with van der Waals surface area (Å²) in [6, 6.07) is 6.26. The minimum Gasteiger partial charge on any atom is -0.483 e. The van der Waals surface area contributed by atoms with Crippen LogP contribution in [0.3, 0.4) is 0 Å². The summed E-state index contributed by atoms with van der Waals surface area (Å²) < 4.78 is 43.2. The molecule has 13 nitrogen and oxygen atoms in total. The molecule has 0 aliphatic rings. The highest BCUT2D eigenvalue weighted by Gasteiger charge is 2.38. The van der Waals surface area contributed by atoms with E-state index >= 15 is 0 Å². The van der Waals surface area contributed by atoms with Crippen LogP contribution in [0.5, 0.6) is 0 Å². The summed E-state index contributed by atoms with van der Waals surface area (Å²) in [7, 11) is 0. The molecule has 0 radical (unpaired) electrons. The summed E-state index contributed by atoms with van der Waals surface area (Å²) in [6.45, 7) is -0.235. The highest BCUT2D eigenvalue weighted by molar-refractivity contribution is 6.34. The number of nitrogens with one attached hydrogen (secondary N) is 2. The van der Waals surface area contributed by atoms with Crippen LogP contribution in [-0.2, 0) is 22.4 Å². The van der Waals surface area contributed by atoms with Crippen LogP contribution in [0.4, 0.5) is 24.7 Å². The van der Waals surface area contributed by atoms with E-state index in [0.29, 0.717) is 5.69 Å². The van der Waals surface area contributed by atoms with E-state index in [2.05, 4.69) is 25.9 Å². The minimum absolute atomic E-state index is 0.106. The van der Waals surface area contributed by atoms with Crippen molar-refractivity contribution >= 4 is 41.1 Å². The van der Waals surface area contributed by atoms with Gasteiger partial charge in [0.05, 0.1) is 40.7 Å². The second kappa shape index (κ2) is 12.7. The molecule has 1 amide bonds. The van der Waals surface area contributed by atoms with Gasteiger partial charge in [0.2, 0.25) is 0 Å². The maximum atomic E-state index is 13.6. The Hall–Kier alpha value is -4.72. The van der Waals surface area contributed by atoms with Crippen molar-refractivity contribution in [3.63, 3.8) is 0 Å². The molecule has 0 bridgehead atoms. The van der Waals surface area contributed by atoms with Crippen LogP contribution in [0.15, 0.2) is 43.0 Å². The normalized spacial score (nSPS) is 10.9. The molecule has 0 unspecified atom stereocenters. The number of anilines is 2. The average Bonchev–Trinajstić information content (AvgIpc) is 3.50. The summed E-state index contributed by atoms with van der Waals surface area (Å²) in [5.41, 5.74) is 7.08. The first-order chi connectivity index (χ1) is 18.6. The molecule has 0 saturated carbocycles. The van der Waals surface area contributed by atoms with Gasteiger partial charge in [-0.05, 0) is 18.2 Å². The van der Waals surface area contributed by atoms with Gasteiger partial charge in [0.1, 0.15) is 6.54 Å². The summed E-state index contributed by atoms with van der Waals surface area (Å²) in [5.74, 6) is -0.336. The van der Waals surface area contributed by atoms with Crippen molar-refractivity contribution in [1.29, 1.82) is 5.26 Å². The molecule has 1 aromatic carbocycles. The molecule has 0 spiro atoms. The summed E-state index contributed by atoms with van der Waals surface area (Å²) >= 11 is 6.23. The fourth-order valence-corrected chi connectivity index (χ4v) is 3.59.